The van der Waals surface area contributed by atoms with Crippen LogP contribution in [0, 0.1) is 3.57 Å². The number of ether oxygens (including phenoxy) is 1. The Morgan fingerprint density at radius 2 is 1.90 bits per heavy atom. The average Bonchev–Trinajstić information content (AvgIpc) is 2.71. The third kappa shape index (κ3) is 1.32. The quantitative estimate of drug-likeness (QED) is 0.547. The summed E-state index contributed by atoms with van der Waals surface area (Å²) in [6.45, 7) is 0.903. The van der Waals surface area contributed by atoms with Crippen LogP contribution in [-0.2, 0) is 4.74 Å². The molecule has 2 heteroatoms. The van der Waals surface area contributed by atoms with Gasteiger partial charge in [-0.25, -0.2) is 0 Å². The van der Waals surface area contributed by atoms with E-state index in [2.05, 4.69) is 46.9 Å². The predicted octanol–water partition coefficient (Wildman–Crippen LogP) is 2.36. The van der Waals surface area contributed by atoms with Gasteiger partial charge in [-0.3, -0.25) is 0 Å². The molecule has 0 aliphatic carbocycles. The van der Waals surface area contributed by atoms with Crippen molar-refractivity contribution >= 4 is 22.6 Å². The van der Waals surface area contributed by atoms with Crippen LogP contribution in [0.1, 0.15) is 11.7 Å². The molecule has 0 aromatic heterocycles. The molecule has 1 atom stereocenters. The summed E-state index contributed by atoms with van der Waals surface area (Å²) in [4.78, 5) is 0. The highest BCUT2D eigenvalue weighted by Gasteiger charge is 2.23. The minimum absolute atomic E-state index is 0.400. The van der Waals surface area contributed by atoms with E-state index in [1.54, 1.807) is 0 Å². The fraction of sp³-hybridized carbons (Fsp3) is 0.250. The molecule has 2 rings (SSSR count). The molecular weight excluding hydrogens is 239 g/mol. The van der Waals surface area contributed by atoms with Gasteiger partial charge in [0.2, 0.25) is 0 Å². The summed E-state index contributed by atoms with van der Waals surface area (Å²) < 4.78 is 6.41. The molecule has 52 valence electrons. The Bertz CT molecular complexity index is 226. The number of epoxide rings is 1. The third-order valence-corrected chi connectivity index (χ3v) is 2.29. The second kappa shape index (κ2) is 2.51. The predicted molar refractivity (Wildman–Crippen MR) is 47.9 cm³/mol. The number of hydrogen-bond donors (Lipinski definition) is 0. The van der Waals surface area contributed by atoms with Gasteiger partial charge in [0.1, 0.15) is 6.10 Å². The molecule has 1 nitrogen and oxygen atoms in total. The molecular formula is C8H7IO. The smallest absolute Gasteiger partial charge is 0.106 e. The van der Waals surface area contributed by atoms with E-state index in [4.69, 9.17) is 4.74 Å². The summed E-state index contributed by atoms with van der Waals surface area (Å²) in [5.41, 5.74) is 1.31. The number of halogens is 1. The van der Waals surface area contributed by atoms with Crippen LogP contribution in [-0.4, -0.2) is 6.61 Å². The Hall–Kier alpha value is -0.0900. The molecule has 0 bridgehead atoms. The summed E-state index contributed by atoms with van der Waals surface area (Å²) in [6.07, 6.45) is 0.400. The first-order chi connectivity index (χ1) is 4.86. The molecule has 10 heavy (non-hydrogen) atoms. The molecule has 0 unspecified atom stereocenters. The summed E-state index contributed by atoms with van der Waals surface area (Å²) in [5, 5.41) is 0. The molecule has 1 aromatic rings. The van der Waals surface area contributed by atoms with Gasteiger partial charge in [0.15, 0.2) is 0 Å². The first kappa shape index (κ1) is 6.61. The van der Waals surface area contributed by atoms with Crippen molar-refractivity contribution in [3.05, 3.63) is 33.4 Å². The van der Waals surface area contributed by atoms with Gasteiger partial charge >= 0.3 is 0 Å². The fourth-order valence-electron chi connectivity index (χ4n) is 0.918. The topological polar surface area (TPSA) is 12.5 Å². The largest absolute Gasteiger partial charge is 0.368 e. The minimum Gasteiger partial charge on any atom is -0.368 e. The summed E-state index contributed by atoms with van der Waals surface area (Å²) in [5.74, 6) is 0. The van der Waals surface area contributed by atoms with E-state index in [1.165, 1.54) is 9.13 Å². The Kier molecular flexibility index (Phi) is 1.66. The number of hydrogen-bond acceptors (Lipinski definition) is 1. The lowest BCUT2D eigenvalue weighted by molar-refractivity contribution is 0.415. The lowest BCUT2D eigenvalue weighted by atomic mass is 10.2. The first-order valence-corrected chi connectivity index (χ1v) is 4.31. The molecule has 0 spiro atoms. The molecule has 0 N–H and O–H groups in total. The van der Waals surface area contributed by atoms with Crippen LogP contribution >= 0.6 is 22.6 Å². The zero-order valence-corrected chi connectivity index (χ0v) is 7.54. The molecule has 1 aliphatic rings. The van der Waals surface area contributed by atoms with Crippen molar-refractivity contribution in [1.29, 1.82) is 0 Å². The average molecular weight is 246 g/mol. The van der Waals surface area contributed by atoms with Crippen molar-refractivity contribution in [3.63, 3.8) is 0 Å². The van der Waals surface area contributed by atoms with Crippen LogP contribution in [0.15, 0.2) is 24.3 Å². The van der Waals surface area contributed by atoms with Gasteiger partial charge in [-0.05, 0) is 40.3 Å². The summed E-state index contributed by atoms with van der Waals surface area (Å²) >= 11 is 2.30. The van der Waals surface area contributed by atoms with Gasteiger partial charge in [0, 0.05) is 3.57 Å². The van der Waals surface area contributed by atoms with E-state index in [-0.39, 0.29) is 0 Å². The Labute approximate surface area is 73.5 Å². The lowest BCUT2D eigenvalue weighted by Crippen LogP contribution is -1.78. The number of benzene rings is 1. The molecule has 0 radical (unpaired) electrons. The van der Waals surface area contributed by atoms with Crippen LogP contribution in [0.2, 0.25) is 0 Å². The maximum absolute atomic E-state index is 5.13. The zero-order chi connectivity index (χ0) is 6.97. The highest BCUT2D eigenvalue weighted by molar-refractivity contribution is 14.1. The molecule has 1 aromatic carbocycles. The Morgan fingerprint density at radius 3 is 2.40 bits per heavy atom. The van der Waals surface area contributed by atoms with E-state index in [1.807, 2.05) is 0 Å². The van der Waals surface area contributed by atoms with Gasteiger partial charge in [-0.2, -0.15) is 0 Å². The van der Waals surface area contributed by atoms with Gasteiger partial charge in [-0.15, -0.1) is 0 Å². The highest BCUT2D eigenvalue weighted by atomic mass is 127. The molecule has 0 amide bonds. The maximum Gasteiger partial charge on any atom is 0.106 e. The number of rotatable bonds is 1. The van der Waals surface area contributed by atoms with Gasteiger partial charge in [0.05, 0.1) is 6.61 Å². The van der Waals surface area contributed by atoms with Crippen LogP contribution in [0.25, 0.3) is 0 Å². The van der Waals surface area contributed by atoms with Crippen molar-refractivity contribution in [1.82, 2.24) is 0 Å². The Morgan fingerprint density at radius 1 is 1.30 bits per heavy atom. The van der Waals surface area contributed by atoms with Gasteiger partial charge in [-0.1, -0.05) is 12.1 Å². The molecule has 0 saturated carbocycles. The van der Waals surface area contributed by atoms with Crippen LogP contribution in [0.4, 0.5) is 0 Å². The third-order valence-electron chi connectivity index (χ3n) is 1.58. The van der Waals surface area contributed by atoms with E-state index in [0.717, 1.165) is 6.61 Å². The molecule has 1 saturated heterocycles. The van der Waals surface area contributed by atoms with Crippen molar-refractivity contribution in [2.75, 3.05) is 6.61 Å². The molecule has 1 aliphatic heterocycles. The second-order valence-corrected chi connectivity index (χ2v) is 3.62. The van der Waals surface area contributed by atoms with Crippen LogP contribution in [0.3, 0.4) is 0 Å². The second-order valence-electron chi connectivity index (χ2n) is 2.37. The van der Waals surface area contributed by atoms with Gasteiger partial charge in [0.25, 0.3) is 0 Å². The molecule has 1 heterocycles. The standard InChI is InChI=1S/C8H7IO/c9-7-3-1-6(2-4-7)8-5-10-8/h1-4,8H,5H2/t8-/m1/s1. The van der Waals surface area contributed by atoms with Crippen LogP contribution < -0.4 is 0 Å². The maximum atomic E-state index is 5.13. The van der Waals surface area contributed by atoms with Crippen molar-refractivity contribution in [3.8, 4) is 0 Å². The monoisotopic (exact) mass is 246 g/mol. The van der Waals surface area contributed by atoms with Crippen molar-refractivity contribution < 1.29 is 4.74 Å². The zero-order valence-electron chi connectivity index (χ0n) is 5.38. The van der Waals surface area contributed by atoms with E-state index in [0.29, 0.717) is 6.10 Å². The SMILES string of the molecule is Ic1ccc([C@H]2CO2)cc1. The fourth-order valence-corrected chi connectivity index (χ4v) is 1.28. The van der Waals surface area contributed by atoms with Crippen molar-refractivity contribution in [2.45, 2.75) is 6.10 Å². The Balaban J connectivity index is 2.28. The van der Waals surface area contributed by atoms with Crippen molar-refractivity contribution in [2.24, 2.45) is 0 Å². The summed E-state index contributed by atoms with van der Waals surface area (Å²) in [6, 6.07) is 8.47. The highest BCUT2D eigenvalue weighted by Crippen LogP contribution is 2.29. The molecule has 1 fully saturated rings. The normalized spacial score (nSPS) is 22.7. The van der Waals surface area contributed by atoms with Crippen LogP contribution in [0.5, 0.6) is 0 Å². The van der Waals surface area contributed by atoms with E-state index >= 15 is 0 Å². The first-order valence-electron chi connectivity index (χ1n) is 3.23. The summed E-state index contributed by atoms with van der Waals surface area (Å²) in [7, 11) is 0. The minimum atomic E-state index is 0.400. The van der Waals surface area contributed by atoms with E-state index < -0.39 is 0 Å². The van der Waals surface area contributed by atoms with E-state index in [9.17, 15) is 0 Å². The van der Waals surface area contributed by atoms with Gasteiger partial charge < -0.3 is 4.74 Å². The lowest BCUT2D eigenvalue weighted by Gasteiger charge is -1.93.